The molecule has 2 saturated heterocycles. The third kappa shape index (κ3) is 4.56. The molecule has 0 radical (unpaired) electrons. The van der Waals surface area contributed by atoms with Crippen molar-refractivity contribution in [1.82, 2.24) is 19.7 Å². The summed E-state index contributed by atoms with van der Waals surface area (Å²) in [7, 11) is 0. The molecule has 0 N–H and O–H groups in total. The Balaban J connectivity index is 1.24. The van der Waals surface area contributed by atoms with Crippen LogP contribution in [0.25, 0.3) is 0 Å². The minimum absolute atomic E-state index is 0.0790. The number of rotatable bonds is 4. The van der Waals surface area contributed by atoms with Gasteiger partial charge in [0.05, 0.1) is 6.54 Å². The molecule has 0 bridgehead atoms. The van der Waals surface area contributed by atoms with E-state index in [9.17, 15) is 14.9 Å². The predicted molar refractivity (Wildman–Crippen MR) is 111 cm³/mol. The fraction of sp³-hybridized carbons (Fsp3) is 0.524. The number of nitrogens with zero attached hydrogens (tertiary/aromatic N) is 6. The Labute approximate surface area is 180 Å². The lowest BCUT2D eigenvalue weighted by molar-refractivity contribution is -0.133. The molecule has 2 aromatic heterocycles. The van der Waals surface area contributed by atoms with Crippen molar-refractivity contribution in [1.29, 1.82) is 5.26 Å². The topological polar surface area (TPSA) is 110 Å². The van der Waals surface area contributed by atoms with Gasteiger partial charge in [-0.25, -0.2) is 4.98 Å². The van der Waals surface area contributed by atoms with Gasteiger partial charge in [-0.3, -0.25) is 14.5 Å². The standard InChI is InChI=1S/C21H26N6O4/c1-15-3-4-18(30-15)20(29)26-7-5-24(6-8-26)14-19(28)25-9-11-27(12-10-25)21-17(13-22)23-16(2)31-21/h3-4H,5-12,14H2,1-2H3. The van der Waals surface area contributed by atoms with Crippen molar-refractivity contribution in [2.75, 3.05) is 63.8 Å². The molecule has 2 amide bonds. The third-order valence-corrected chi connectivity index (χ3v) is 5.71. The van der Waals surface area contributed by atoms with E-state index in [0.29, 0.717) is 76.4 Å². The van der Waals surface area contributed by atoms with Crippen molar-refractivity contribution in [2.45, 2.75) is 13.8 Å². The molecule has 0 saturated carbocycles. The molecule has 0 atom stereocenters. The minimum Gasteiger partial charge on any atom is -0.456 e. The summed E-state index contributed by atoms with van der Waals surface area (Å²) < 4.78 is 11.0. The van der Waals surface area contributed by atoms with E-state index in [1.807, 2.05) is 16.7 Å². The Morgan fingerprint density at radius 2 is 1.68 bits per heavy atom. The molecule has 2 fully saturated rings. The Bertz CT molecular complexity index is 990. The number of carbonyl (C=O) groups excluding carboxylic acids is 2. The van der Waals surface area contributed by atoms with Crippen LogP contribution in [-0.2, 0) is 4.79 Å². The van der Waals surface area contributed by atoms with Gasteiger partial charge in [0.25, 0.3) is 5.91 Å². The molecule has 2 aliphatic rings. The van der Waals surface area contributed by atoms with E-state index in [4.69, 9.17) is 8.83 Å². The highest BCUT2D eigenvalue weighted by Gasteiger charge is 2.29. The first-order valence-corrected chi connectivity index (χ1v) is 10.4. The fourth-order valence-electron chi connectivity index (χ4n) is 3.97. The zero-order valence-electron chi connectivity index (χ0n) is 17.8. The van der Waals surface area contributed by atoms with E-state index in [1.54, 1.807) is 24.0 Å². The monoisotopic (exact) mass is 426 g/mol. The van der Waals surface area contributed by atoms with Crippen LogP contribution in [0.4, 0.5) is 5.88 Å². The largest absolute Gasteiger partial charge is 0.456 e. The van der Waals surface area contributed by atoms with Gasteiger partial charge in [-0.05, 0) is 19.1 Å². The number of hydrogen-bond acceptors (Lipinski definition) is 8. The van der Waals surface area contributed by atoms with Gasteiger partial charge < -0.3 is 23.5 Å². The molecule has 4 rings (SSSR count). The van der Waals surface area contributed by atoms with Crippen LogP contribution in [0.3, 0.4) is 0 Å². The summed E-state index contributed by atoms with van der Waals surface area (Å²) >= 11 is 0. The van der Waals surface area contributed by atoms with Crippen LogP contribution in [0, 0.1) is 25.2 Å². The maximum Gasteiger partial charge on any atom is 0.289 e. The first-order chi connectivity index (χ1) is 14.9. The highest BCUT2D eigenvalue weighted by molar-refractivity contribution is 5.91. The van der Waals surface area contributed by atoms with Crippen molar-refractivity contribution in [2.24, 2.45) is 0 Å². The first kappa shape index (κ1) is 20.9. The summed E-state index contributed by atoms with van der Waals surface area (Å²) in [6, 6.07) is 5.54. The number of hydrogen-bond donors (Lipinski definition) is 0. The fourth-order valence-corrected chi connectivity index (χ4v) is 3.97. The third-order valence-electron chi connectivity index (χ3n) is 5.71. The Morgan fingerprint density at radius 1 is 1.00 bits per heavy atom. The Kier molecular flexibility index (Phi) is 5.95. The van der Waals surface area contributed by atoms with Crippen molar-refractivity contribution in [3.63, 3.8) is 0 Å². The van der Waals surface area contributed by atoms with Crippen LogP contribution in [0.15, 0.2) is 21.0 Å². The summed E-state index contributed by atoms with van der Waals surface area (Å²) in [6.07, 6.45) is 0. The number of anilines is 1. The Morgan fingerprint density at radius 3 is 2.29 bits per heavy atom. The summed E-state index contributed by atoms with van der Waals surface area (Å²) in [5, 5.41) is 9.20. The maximum atomic E-state index is 12.8. The van der Waals surface area contributed by atoms with E-state index in [-0.39, 0.29) is 17.5 Å². The number of carbonyl (C=O) groups is 2. The second-order valence-corrected chi connectivity index (χ2v) is 7.84. The number of aromatic nitrogens is 1. The normalized spacial score (nSPS) is 17.6. The summed E-state index contributed by atoms with van der Waals surface area (Å²) in [5.74, 6) is 2.01. The highest BCUT2D eigenvalue weighted by Crippen LogP contribution is 2.22. The molecule has 0 spiro atoms. The van der Waals surface area contributed by atoms with Crippen molar-refractivity contribution in [3.05, 3.63) is 35.2 Å². The molecule has 31 heavy (non-hydrogen) atoms. The lowest BCUT2D eigenvalue weighted by atomic mass is 10.2. The summed E-state index contributed by atoms with van der Waals surface area (Å²) in [6.45, 7) is 8.65. The molecule has 4 heterocycles. The highest BCUT2D eigenvalue weighted by atomic mass is 16.4. The second kappa shape index (κ2) is 8.81. The molecule has 0 unspecified atom stereocenters. The van der Waals surface area contributed by atoms with Crippen LogP contribution in [0.1, 0.15) is 27.9 Å². The Hall–Kier alpha value is -3.32. The van der Waals surface area contributed by atoms with Gasteiger partial charge in [0.2, 0.25) is 17.5 Å². The van der Waals surface area contributed by atoms with Crippen LogP contribution >= 0.6 is 0 Å². The van der Waals surface area contributed by atoms with Gasteiger partial charge in [-0.15, -0.1) is 0 Å². The minimum atomic E-state index is -0.102. The average Bonchev–Trinajstić information content (AvgIpc) is 3.39. The van der Waals surface area contributed by atoms with E-state index in [2.05, 4.69) is 16.0 Å². The lowest BCUT2D eigenvalue weighted by Gasteiger charge is -2.37. The van der Waals surface area contributed by atoms with Crippen molar-refractivity contribution in [3.8, 4) is 6.07 Å². The number of amides is 2. The van der Waals surface area contributed by atoms with Crippen molar-refractivity contribution < 1.29 is 18.4 Å². The quantitative estimate of drug-likeness (QED) is 0.708. The molecule has 2 aromatic rings. The SMILES string of the molecule is Cc1ccc(C(=O)N2CCN(CC(=O)N3CCN(c4oc(C)nc4C#N)CC3)CC2)o1. The average molecular weight is 426 g/mol. The van der Waals surface area contributed by atoms with E-state index in [0.717, 1.165) is 5.76 Å². The van der Waals surface area contributed by atoms with E-state index >= 15 is 0 Å². The van der Waals surface area contributed by atoms with Gasteiger partial charge in [0, 0.05) is 59.3 Å². The van der Waals surface area contributed by atoms with E-state index in [1.165, 1.54) is 0 Å². The zero-order valence-corrected chi connectivity index (χ0v) is 17.8. The van der Waals surface area contributed by atoms with Crippen LogP contribution < -0.4 is 4.90 Å². The number of furan rings is 1. The van der Waals surface area contributed by atoms with Gasteiger partial charge in [0.1, 0.15) is 11.8 Å². The number of nitriles is 1. The molecular weight excluding hydrogens is 400 g/mol. The predicted octanol–water partition coefficient (Wildman–Crippen LogP) is 0.863. The van der Waals surface area contributed by atoms with Crippen LogP contribution in [0.2, 0.25) is 0 Å². The molecule has 2 aliphatic heterocycles. The summed E-state index contributed by atoms with van der Waals surface area (Å²) in [4.78, 5) is 37.0. The van der Waals surface area contributed by atoms with E-state index < -0.39 is 0 Å². The van der Waals surface area contributed by atoms with Gasteiger partial charge in [0.15, 0.2) is 11.7 Å². The lowest BCUT2D eigenvalue weighted by Crippen LogP contribution is -2.54. The molecule has 10 nitrogen and oxygen atoms in total. The smallest absolute Gasteiger partial charge is 0.289 e. The van der Waals surface area contributed by atoms with Crippen LogP contribution in [-0.4, -0.2) is 90.4 Å². The van der Waals surface area contributed by atoms with Crippen molar-refractivity contribution >= 4 is 17.7 Å². The molecule has 0 aromatic carbocycles. The maximum absolute atomic E-state index is 12.8. The molecular formula is C21H26N6O4. The number of oxazole rings is 1. The van der Waals surface area contributed by atoms with Gasteiger partial charge >= 0.3 is 0 Å². The second-order valence-electron chi connectivity index (χ2n) is 7.84. The molecule has 0 aliphatic carbocycles. The molecule has 164 valence electrons. The van der Waals surface area contributed by atoms with Gasteiger partial charge in [-0.2, -0.15) is 5.26 Å². The number of aryl methyl sites for hydroxylation is 2. The molecule has 10 heteroatoms. The number of piperazine rings is 2. The zero-order chi connectivity index (χ0) is 22.0. The first-order valence-electron chi connectivity index (χ1n) is 10.4. The summed E-state index contributed by atoms with van der Waals surface area (Å²) in [5.41, 5.74) is 0.286. The van der Waals surface area contributed by atoms with Crippen LogP contribution in [0.5, 0.6) is 0 Å². The van der Waals surface area contributed by atoms with Gasteiger partial charge in [-0.1, -0.05) is 0 Å².